The first-order valence-corrected chi connectivity index (χ1v) is 6.43. The highest BCUT2D eigenvalue weighted by atomic mass is 79.9. The number of alkyl halides is 1. The molecular formula is C11H13BrClNO2. The molecule has 1 amide bonds. The van der Waals surface area contributed by atoms with Crippen LogP contribution in [0.4, 0.5) is 0 Å². The van der Waals surface area contributed by atoms with Crippen molar-refractivity contribution in [2.45, 2.75) is 19.4 Å². The fourth-order valence-electron chi connectivity index (χ4n) is 1.20. The Hall–Kier alpha value is -0.740. The highest BCUT2D eigenvalue weighted by Crippen LogP contribution is 2.21. The molecular weight excluding hydrogens is 293 g/mol. The van der Waals surface area contributed by atoms with Crippen LogP contribution in [0.3, 0.4) is 0 Å². The van der Waals surface area contributed by atoms with Gasteiger partial charge in [-0.3, -0.25) is 4.79 Å². The van der Waals surface area contributed by atoms with E-state index in [-0.39, 0.29) is 17.7 Å². The molecule has 1 unspecified atom stereocenters. The summed E-state index contributed by atoms with van der Waals surface area (Å²) in [7, 11) is 0. The van der Waals surface area contributed by atoms with E-state index in [1.807, 2.05) is 6.92 Å². The molecule has 0 heterocycles. The summed E-state index contributed by atoms with van der Waals surface area (Å²) in [6.07, 6.45) is 0.827. The number of rotatable bonds is 4. The Morgan fingerprint density at radius 1 is 1.62 bits per heavy atom. The Morgan fingerprint density at radius 2 is 2.31 bits per heavy atom. The quantitative estimate of drug-likeness (QED) is 0.840. The first-order valence-electron chi connectivity index (χ1n) is 4.93. The number of carbonyl (C=O) groups excluding carboxylic acids is 1. The zero-order chi connectivity index (χ0) is 12.1. The van der Waals surface area contributed by atoms with Gasteiger partial charge in [-0.1, -0.05) is 34.5 Å². The number of phenolic OH excluding ortho intramolecular Hbond substituents is 1. The van der Waals surface area contributed by atoms with Crippen LogP contribution in [0, 0.1) is 0 Å². The summed E-state index contributed by atoms with van der Waals surface area (Å²) in [4.78, 5) is 11.8. The maximum atomic E-state index is 11.8. The minimum Gasteiger partial charge on any atom is -0.508 e. The molecule has 1 rings (SSSR count). The lowest BCUT2D eigenvalue weighted by Crippen LogP contribution is -2.35. The molecule has 3 nitrogen and oxygen atoms in total. The number of carbonyl (C=O) groups is 1. The van der Waals surface area contributed by atoms with Gasteiger partial charge in [-0.2, -0.15) is 0 Å². The standard InChI is InChI=1S/C11H13BrClNO2/c1-2-7(6-12)14-11(16)9-5-8(15)3-4-10(9)13/h3-5,7,15H,2,6H2,1H3,(H,14,16). The minimum absolute atomic E-state index is 0.0291. The molecule has 1 aromatic rings. The van der Waals surface area contributed by atoms with E-state index in [0.717, 1.165) is 6.42 Å². The maximum Gasteiger partial charge on any atom is 0.253 e. The zero-order valence-corrected chi connectivity index (χ0v) is 11.2. The zero-order valence-electron chi connectivity index (χ0n) is 8.84. The van der Waals surface area contributed by atoms with Crippen LogP contribution in [0.1, 0.15) is 23.7 Å². The molecule has 0 fully saturated rings. The second-order valence-electron chi connectivity index (χ2n) is 3.40. The molecule has 5 heteroatoms. The highest BCUT2D eigenvalue weighted by molar-refractivity contribution is 9.09. The highest BCUT2D eigenvalue weighted by Gasteiger charge is 2.14. The molecule has 0 spiro atoms. The van der Waals surface area contributed by atoms with Gasteiger partial charge in [-0.15, -0.1) is 0 Å². The monoisotopic (exact) mass is 305 g/mol. The minimum atomic E-state index is -0.271. The van der Waals surface area contributed by atoms with Crippen LogP contribution < -0.4 is 5.32 Å². The third-order valence-corrected chi connectivity index (χ3v) is 3.32. The van der Waals surface area contributed by atoms with Crippen LogP contribution in [0.5, 0.6) is 5.75 Å². The SMILES string of the molecule is CCC(CBr)NC(=O)c1cc(O)ccc1Cl. The van der Waals surface area contributed by atoms with E-state index in [4.69, 9.17) is 11.6 Å². The van der Waals surface area contributed by atoms with Gasteiger partial charge in [-0.05, 0) is 24.6 Å². The third-order valence-electron chi connectivity index (χ3n) is 2.21. The molecule has 16 heavy (non-hydrogen) atoms. The Bertz CT molecular complexity index is 380. The summed E-state index contributed by atoms with van der Waals surface area (Å²) >= 11 is 9.19. The predicted octanol–water partition coefficient (Wildman–Crippen LogP) is 2.95. The van der Waals surface area contributed by atoms with Crippen molar-refractivity contribution in [2.24, 2.45) is 0 Å². The van der Waals surface area contributed by atoms with Gasteiger partial charge < -0.3 is 10.4 Å². The number of phenols is 1. The number of amides is 1. The summed E-state index contributed by atoms with van der Waals surface area (Å²) in [6, 6.07) is 4.37. The number of halogens is 2. The molecule has 1 aromatic carbocycles. The van der Waals surface area contributed by atoms with E-state index in [1.54, 1.807) is 0 Å². The second kappa shape index (κ2) is 6.11. The largest absolute Gasteiger partial charge is 0.508 e. The van der Waals surface area contributed by atoms with Crippen LogP contribution in [0.15, 0.2) is 18.2 Å². The number of nitrogens with one attached hydrogen (secondary N) is 1. The molecule has 2 N–H and O–H groups in total. The van der Waals surface area contributed by atoms with Gasteiger partial charge in [0.1, 0.15) is 5.75 Å². The average molecular weight is 307 g/mol. The van der Waals surface area contributed by atoms with Gasteiger partial charge in [0, 0.05) is 11.4 Å². The first-order chi connectivity index (χ1) is 7.58. The van der Waals surface area contributed by atoms with Gasteiger partial charge >= 0.3 is 0 Å². The third kappa shape index (κ3) is 3.39. The van der Waals surface area contributed by atoms with Crippen LogP contribution in [-0.4, -0.2) is 22.4 Å². The van der Waals surface area contributed by atoms with Crippen molar-refractivity contribution in [1.82, 2.24) is 5.32 Å². The first kappa shape index (κ1) is 13.3. The van der Waals surface area contributed by atoms with Crippen molar-refractivity contribution in [3.8, 4) is 5.75 Å². The Kier molecular flexibility index (Phi) is 5.09. The van der Waals surface area contributed by atoms with E-state index in [0.29, 0.717) is 15.9 Å². The van der Waals surface area contributed by atoms with Gasteiger partial charge in [0.2, 0.25) is 0 Å². The molecule has 0 aliphatic carbocycles. The normalized spacial score (nSPS) is 12.2. The van der Waals surface area contributed by atoms with Crippen LogP contribution in [-0.2, 0) is 0 Å². The Morgan fingerprint density at radius 3 is 2.88 bits per heavy atom. The lowest BCUT2D eigenvalue weighted by atomic mass is 10.1. The maximum absolute atomic E-state index is 11.8. The fraction of sp³-hybridized carbons (Fsp3) is 0.364. The van der Waals surface area contributed by atoms with Crippen LogP contribution in [0.2, 0.25) is 5.02 Å². The Labute approximate surface area is 108 Å². The van der Waals surface area contributed by atoms with Crippen LogP contribution >= 0.6 is 27.5 Å². The molecule has 0 bridgehead atoms. The molecule has 0 aromatic heterocycles. The number of benzene rings is 1. The summed E-state index contributed by atoms with van der Waals surface area (Å²) in [5.74, 6) is -0.242. The van der Waals surface area contributed by atoms with Gasteiger partial charge in [-0.25, -0.2) is 0 Å². The molecule has 0 aliphatic rings. The number of hydrogen-bond acceptors (Lipinski definition) is 2. The van der Waals surface area contributed by atoms with E-state index in [1.165, 1.54) is 18.2 Å². The van der Waals surface area contributed by atoms with Crippen molar-refractivity contribution >= 4 is 33.4 Å². The van der Waals surface area contributed by atoms with Crippen molar-refractivity contribution in [3.05, 3.63) is 28.8 Å². The van der Waals surface area contributed by atoms with Crippen LogP contribution in [0.25, 0.3) is 0 Å². The smallest absolute Gasteiger partial charge is 0.253 e. The van der Waals surface area contributed by atoms with E-state index in [2.05, 4.69) is 21.2 Å². The van der Waals surface area contributed by atoms with Crippen molar-refractivity contribution in [2.75, 3.05) is 5.33 Å². The topological polar surface area (TPSA) is 49.3 Å². The van der Waals surface area contributed by atoms with Gasteiger partial charge in [0.25, 0.3) is 5.91 Å². The molecule has 0 saturated carbocycles. The second-order valence-corrected chi connectivity index (χ2v) is 4.45. The predicted molar refractivity (Wildman–Crippen MR) is 68.5 cm³/mol. The fourth-order valence-corrected chi connectivity index (χ4v) is 2.02. The molecule has 88 valence electrons. The van der Waals surface area contributed by atoms with Crippen molar-refractivity contribution in [3.63, 3.8) is 0 Å². The Balaban J connectivity index is 2.83. The van der Waals surface area contributed by atoms with Crippen molar-refractivity contribution in [1.29, 1.82) is 0 Å². The van der Waals surface area contributed by atoms with Gasteiger partial charge in [0.15, 0.2) is 0 Å². The van der Waals surface area contributed by atoms with E-state index >= 15 is 0 Å². The number of aromatic hydroxyl groups is 1. The molecule has 0 aliphatic heterocycles. The number of hydrogen-bond donors (Lipinski definition) is 2. The molecule has 0 radical (unpaired) electrons. The van der Waals surface area contributed by atoms with Crippen molar-refractivity contribution < 1.29 is 9.90 Å². The summed E-state index contributed by atoms with van der Waals surface area (Å²) in [5, 5.41) is 13.1. The lowest BCUT2D eigenvalue weighted by molar-refractivity contribution is 0.0940. The molecule has 0 saturated heterocycles. The summed E-state index contributed by atoms with van der Waals surface area (Å²) in [5.41, 5.74) is 0.293. The van der Waals surface area contributed by atoms with E-state index in [9.17, 15) is 9.90 Å². The lowest BCUT2D eigenvalue weighted by Gasteiger charge is -2.14. The molecule has 1 atom stereocenters. The summed E-state index contributed by atoms with van der Waals surface area (Å²) < 4.78 is 0. The summed E-state index contributed by atoms with van der Waals surface area (Å²) in [6.45, 7) is 1.98. The van der Waals surface area contributed by atoms with Gasteiger partial charge in [0.05, 0.1) is 10.6 Å². The average Bonchev–Trinajstić information content (AvgIpc) is 2.28. The van der Waals surface area contributed by atoms with E-state index < -0.39 is 0 Å².